The van der Waals surface area contributed by atoms with Gasteiger partial charge in [0.15, 0.2) is 0 Å². The molecule has 0 bridgehead atoms. The maximum atomic E-state index is 13.1. The van der Waals surface area contributed by atoms with Crippen LogP contribution < -0.4 is 4.90 Å². The van der Waals surface area contributed by atoms with Crippen molar-refractivity contribution in [3.05, 3.63) is 54.1 Å². The van der Waals surface area contributed by atoms with E-state index in [0.29, 0.717) is 12.1 Å². The molecule has 1 aliphatic rings. The van der Waals surface area contributed by atoms with E-state index in [4.69, 9.17) is 0 Å². The van der Waals surface area contributed by atoms with E-state index >= 15 is 0 Å². The highest BCUT2D eigenvalue weighted by molar-refractivity contribution is 6.13. The molecule has 0 saturated heterocycles. The van der Waals surface area contributed by atoms with Crippen LogP contribution in [0.5, 0.6) is 0 Å². The lowest BCUT2D eigenvalue weighted by molar-refractivity contribution is 0.0989. The molecule has 4 rings (SSSR count). The molecule has 120 valence electrons. The van der Waals surface area contributed by atoms with Gasteiger partial charge in [-0.05, 0) is 26.0 Å². The van der Waals surface area contributed by atoms with E-state index < -0.39 is 0 Å². The number of rotatable bonds is 2. The highest BCUT2D eigenvalue weighted by Crippen LogP contribution is 2.40. The number of aryl methyl sites for hydroxylation is 1. The monoisotopic (exact) mass is 318 g/mol. The number of aromatic nitrogens is 3. The van der Waals surface area contributed by atoms with Crippen molar-refractivity contribution in [2.24, 2.45) is 0 Å². The van der Waals surface area contributed by atoms with Crippen molar-refractivity contribution >= 4 is 11.6 Å². The van der Waals surface area contributed by atoms with Crippen molar-refractivity contribution in [3.63, 3.8) is 0 Å². The number of hydrogen-bond donors (Lipinski definition) is 0. The molecule has 1 amide bonds. The number of amides is 1. The van der Waals surface area contributed by atoms with Gasteiger partial charge in [-0.15, -0.1) is 5.10 Å². The maximum Gasteiger partial charge on any atom is 0.258 e. The topological polar surface area (TPSA) is 51.0 Å². The first-order valence-electron chi connectivity index (χ1n) is 8.20. The SMILES string of the molecule is CCN1C(=O)c2ccccc2-c2nnn(CC)c2-c2ccccc21. The van der Waals surface area contributed by atoms with Gasteiger partial charge in [-0.25, -0.2) is 4.68 Å². The van der Waals surface area contributed by atoms with Crippen LogP contribution in [0.4, 0.5) is 5.69 Å². The first-order valence-corrected chi connectivity index (χ1v) is 8.20. The third-order valence-corrected chi connectivity index (χ3v) is 4.46. The van der Waals surface area contributed by atoms with Crippen LogP contribution in [0.2, 0.25) is 0 Å². The Kier molecular flexibility index (Phi) is 3.41. The van der Waals surface area contributed by atoms with Gasteiger partial charge < -0.3 is 4.90 Å². The summed E-state index contributed by atoms with van der Waals surface area (Å²) < 4.78 is 1.90. The van der Waals surface area contributed by atoms with Crippen molar-refractivity contribution in [3.8, 4) is 22.5 Å². The Morgan fingerprint density at radius 2 is 1.54 bits per heavy atom. The number of nitrogens with zero attached hydrogens (tertiary/aromatic N) is 4. The van der Waals surface area contributed by atoms with Crippen LogP contribution in [0.15, 0.2) is 48.5 Å². The number of para-hydroxylation sites is 1. The highest BCUT2D eigenvalue weighted by Gasteiger charge is 2.29. The van der Waals surface area contributed by atoms with Crippen LogP contribution in [0.1, 0.15) is 24.2 Å². The molecule has 0 atom stereocenters. The molecule has 0 spiro atoms. The fraction of sp³-hybridized carbons (Fsp3) is 0.211. The van der Waals surface area contributed by atoms with Crippen molar-refractivity contribution in [2.75, 3.05) is 11.4 Å². The smallest absolute Gasteiger partial charge is 0.258 e. The summed E-state index contributed by atoms with van der Waals surface area (Å²) in [6.07, 6.45) is 0. The molecular weight excluding hydrogens is 300 g/mol. The Bertz CT molecular complexity index is 929. The summed E-state index contributed by atoms with van der Waals surface area (Å²) in [5.74, 6) is -0.00255. The first-order chi connectivity index (χ1) is 11.8. The number of benzene rings is 2. The van der Waals surface area contributed by atoms with Gasteiger partial charge in [0, 0.05) is 29.8 Å². The Labute approximate surface area is 140 Å². The number of fused-ring (bicyclic) bond motifs is 5. The molecule has 0 unspecified atom stereocenters. The zero-order valence-corrected chi connectivity index (χ0v) is 13.7. The Morgan fingerprint density at radius 1 is 0.875 bits per heavy atom. The van der Waals surface area contributed by atoms with Gasteiger partial charge in [0.2, 0.25) is 0 Å². The molecule has 3 aromatic rings. The minimum Gasteiger partial charge on any atom is -0.308 e. The maximum absolute atomic E-state index is 13.1. The van der Waals surface area contributed by atoms with Crippen LogP contribution in [-0.4, -0.2) is 27.4 Å². The van der Waals surface area contributed by atoms with Gasteiger partial charge in [-0.2, -0.15) is 0 Å². The second kappa shape index (κ2) is 5.60. The summed E-state index contributed by atoms with van der Waals surface area (Å²) in [5.41, 5.74) is 5.13. The molecule has 24 heavy (non-hydrogen) atoms. The van der Waals surface area contributed by atoms with Crippen LogP contribution in [0.3, 0.4) is 0 Å². The number of anilines is 1. The van der Waals surface area contributed by atoms with Gasteiger partial charge in [0.05, 0.1) is 11.4 Å². The van der Waals surface area contributed by atoms with E-state index in [1.54, 1.807) is 0 Å². The summed E-state index contributed by atoms with van der Waals surface area (Å²) in [6.45, 7) is 5.37. The molecule has 0 saturated carbocycles. The van der Waals surface area contributed by atoms with Crippen LogP contribution >= 0.6 is 0 Å². The van der Waals surface area contributed by atoms with Gasteiger partial charge in [0.1, 0.15) is 5.69 Å². The van der Waals surface area contributed by atoms with Gasteiger partial charge >= 0.3 is 0 Å². The first kappa shape index (κ1) is 14.6. The van der Waals surface area contributed by atoms with E-state index in [0.717, 1.165) is 34.7 Å². The van der Waals surface area contributed by atoms with Gasteiger partial charge in [0.25, 0.3) is 5.91 Å². The minimum absolute atomic E-state index is 0.00255. The lowest BCUT2D eigenvalue weighted by Gasteiger charge is -2.27. The largest absolute Gasteiger partial charge is 0.308 e. The molecular formula is C19H18N4O. The van der Waals surface area contributed by atoms with E-state index in [1.807, 2.05) is 72.0 Å². The van der Waals surface area contributed by atoms with Gasteiger partial charge in [-0.1, -0.05) is 41.6 Å². The molecule has 1 aliphatic heterocycles. The van der Waals surface area contributed by atoms with Crippen LogP contribution in [-0.2, 0) is 6.54 Å². The second-order valence-electron chi connectivity index (χ2n) is 5.71. The number of hydrogen-bond acceptors (Lipinski definition) is 3. The molecule has 5 nitrogen and oxygen atoms in total. The molecule has 5 heteroatoms. The van der Waals surface area contributed by atoms with Crippen molar-refractivity contribution in [1.29, 1.82) is 0 Å². The van der Waals surface area contributed by atoms with E-state index in [1.165, 1.54) is 0 Å². The summed E-state index contributed by atoms with van der Waals surface area (Å²) in [4.78, 5) is 15.0. The zero-order chi connectivity index (χ0) is 16.7. The molecule has 0 N–H and O–H groups in total. The summed E-state index contributed by atoms with van der Waals surface area (Å²) in [5, 5.41) is 8.71. The van der Waals surface area contributed by atoms with E-state index in [-0.39, 0.29) is 5.91 Å². The zero-order valence-electron chi connectivity index (χ0n) is 13.7. The Hall–Kier alpha value is -2.95. The fourth-order valence-corrected chi connectivity index (χ4v) is 3.34. The molecule has 2 heterocycles. The Morgan fingerprint density at radius 3 is 2.25 bits per heavy atom. The van der Waals surface area contributed by atoms with E-state index in [9.17, 15) is 4.79 Å². The van der Waals surface area contributed by atoms with E-state index in [2.05, 4.69) is 10.3 Å². The molecule has 2 aromatic carbocycles. The standard InChI is InChI=1S/C19H18N4O/c1-3-22-16-12-8-7-11-15(16)18-17(20-21-23(18)4-2)13-9-5-6-10-14(13)19(22)24/h5-12H,3-4H2,1-2H3. The van der Waals surface area contributed by atoms with Crippen LogP contribution in [0, 0.1) is 0 Å². The molecule has 0 radical (unpaired) electrons. The lowest BCUT2D eigenvalue weighted by atomic mass is 9.95. The third kappa shape index (κ3) is 1.98. The number of carbonyl (C=O) groups excluding carboxylic acids is 1. The predicted octanol–water partition coefficient (Wildman–Crippen LogP) is 3.61. The van der Waals surface area contributed by atoms with Crippen LogP contribution in [0.25, 0.3) is 22.5 Å². The molecule has 0 fully saturated rings. The summed E-state index contributed by atoms with van der Waals surface area (Å²) in [6, 6.07) is 15.6. The predicted molar refractivity (Wildman–Crippen MR) is 93.9 cm³/mol. The highest BCUT2D eigenvalue weighted by atomic mass is 16.2. The lowest BCUT2D eigenvalue weighted by Crippen LogP contribution is -2.32. The minimum atomic E-state index is -0.00255. The summed E-state index contributed by atoms with van der Waals surface area (Å²) >= 11 is 0. The molecule has 0 aliphatic carbocycles. The summed E-state index contributed by atoms with van der Waals surface area (Å²) in [7, 11) is 0. The molecule has 1 aromatic heterocycles. The third-order valence-electron chi connectivity index (χ3n) is 4.46. The van der Waals surface area contributed by atoms with Crippen molar-refractivity contribution in [2.45, 2.75) is 20.4 Å². The second-order valence-corrected chi connectivity index (χ2v) is 5.71. The normalized spacial score (nSPS) is 12.9. The Balaban J connectivity index is 2.14. The van der Waals surface area contributed by atoms with Crippen molar-refractivity contribution in [1.82, 2.24) is 15.0 Å². The fourth-order valence-electron chi connectivity index (χ4n) is 3.34. The average Bonchev–Trinajstić information content (AvgIpc) is 3.05. The number of carbonyl (C=O) groups is 1. The quantitative estimate of drug-likeness (QED) is 0.725. The average molecular weight is 318 g/mol. The van der Waals surface area contributed by atoms with Gasteiger partial charge in [-0.3, -0.25) is 4.79 Å². The van der Waals surface area contributed by atoms with Crippen molar-refractivity contribution < 1.29 is 4.79 Å².